The van der Waals surface area contributed by atoms with Crippen LogP contribution in [0.3, 0.4) is 0 Å². The van der Waals surface area contributed by atoms with E-state index >= 15 is 0 Å². The van der Waals surface area contributed by atoms with Crippen molar-refractivity contribution in [2.24, 2.45) is 0 Å². The van der Waals surface area contributed by atoms with Crippen LogP contribution in [0, 0.1) is 20.8 Å². The molecule has 0 aliphatic rings. The molecule has 2 rings (SSSR count). The monoisotopic (exact) mass is 353 g/mol. The van der Waals surface area contributed by atoms with Crippen molar-refractivity contribution in [2.45, 2.75) is 34.2 Å². The first-order valence-electron chi connectivity index (χ1n) is 8.84. The highest BCUT2D eigenvalue weighted by molar-refractivity contribution is 6.02. The van der Waals surface area contributed by atoms with Crippen LogP contribution in [0.15, 0.2) is 42.5 Å². The number of aryl methyl sites for hydroxylation is 2. The van der Waals surface area contributed by atoms with E-state index in [2.05, 4.69) is 16.7 Å². The lowest BCUT2D eigenvalue weighted by molar-refractivity contribution is -0.121. The number of rotatable bonds is 6. The first-order valence-corrected chi connectivity index (χ1v) is 8.84. The molecule has 0 aliphatic heterocycles. The smallest absolute Gasteiger partial charge is 0.307 e. The summed E-state index contributed by atoms with van der Waals surface area (Å²) in [5.41, 5.74) is 5.13. The Balaban J connectivity index is 1.89. The molecule has 0 bridgehead atoms. The van der Waals surface area contributed by atoms with Gasteiger partial charge in [0, 0.05) is 12.2 Å². The van der Waals surface area contributed by atoms with Crippen molar-refractivity contribution in [3.05, 3.63) is 64.7 Å². The van der Waals surface area contributed by atoms with E-state index in [9.17, 15) is 9.59 Å². The first kappa shape index (κ1) is 19.7. The van der Waals surface area contributed by atoms with E-state index in [1.54, 1.807) is 0 Å². The number of benzene rings is 2. The highest BCUT2D eigenvalue weighted by Gasteiger charge is 2.13. The Morgan fingerprint density at radius 1 is 1.04 bits per heavy atom. The lowest BCUT2D eigenvalue weighted by atomic mass is 10.1. The van der Waals surface area contributed by atoms with Gasteiger partial charge in [0.1, 0.15) is 0 Å². The van der Waals surface area contributed by atoms with Crippen LogP contribution in [0.25, 0.3) is 0 Å². The van der Waals surface area contributed by atoms with Gasteiger partial charge in [-0.2, -0.15) is 0 Å². The lowest BCUT2D eigenvalue weighted by Crippen LogP contribution is -2.41. The fourth-order valence-corrected chi connectivity index (χ4v) is 2.76. The predicted octanol–water partition coefficient (Wildman–Crippen LogP) is 3.78. The fourth-order valence-electron chi connectivity index (χ4n) is 2.76. The molecular formula is C21H27N3O2. The second-order valence-electron chi connectivity index (χ2n) is 6.54. The highest BCUT2D eigenvalue weighted by Crippen LogP contribution is 2.17. The van der Waals surface area contributed by atoms with Crippen LogP contribution in [0.5, 0.6) is 0 Å². The van der Waals surface area contributed by atoms with E-state index < -0.39 is 6.03 Å². The van der Waals surface area contributed by atoms with Crippen LogP contribution >= 0.6 is 0 Å². The fraction of sp³-hybridized carbons (Fsp3) is 0.333. The van der Waals surface area contributed by atoms with Crippen molar-refractivity contribution in [2.75, 3.05) is 18.4 Å². The third-order valence-electron chi connectivity index (χ3n) is 4.41. The van der Waals surface area contributed by atoms with Crippen LogP contribution in [0.2, 0.25) is 0 Å². The molecule has 138 valence electrons. The summed E-state index contributed by atoms with van der Waals surface area (Å²) in [5, 5.41) is 5.15. The molecule has 0 atom stereocenters. The standard InChI is InChI=1S/C21H27N3O2/c1-5-24(13-18-10-6-8-15(2)12-18)14-20(25)23-21(26)22-19-11-7-9-16(3)17(19)4/h6-12H,5,13-14H2,1-4H3,(H2,22,23,25,26). The topological polar surface area (TPSA) is 61.4 Å². The maximum absolute atomic E-state index is 12.2. The average molecular weight is 353 g/mol. The van der Waals surface area contributed by atoms with Gasteiger partial charge in [-0.25, -0.2) is 4.79 Å². The average Bonchev–Trinajstić information content (AvgIpc) is 2.58. The number of nitrogens with one attached hydrogen (secondary N) is 2. The molecule has 2 N–H and O–H groups in total. The molecule has 0 saturated heterocycles. The molecule has 2 aromatic carbocycles. The van der Waals surface area contributed by atoms with E-state index in [4.69, 9.17) is 0 Å². The molecule has 3 amide bonds. The summed E-state index contributed by atoms with van der Waals surface area (Å²) in [6.45, 7) is 9.53. The van der Waals surface area contributed by atoms with Gasteiger partial charge in [0.25, 0.3) is 0 Å². The minimum atomic E-state index is -0.504. The minimum Gasteiger partial charge on any atom is -0.307 e. The van der Waals surface area contributed by atoms with Crippen LogP contribution in [-0.4, -0.2) is 29.9 Å². The zero-order valence-corrected chi connectivity index (χ0v) is 15.9. The summed E-state index contributed by atoms with van der Waals surface area (Å²) < 4.78 is 0. The summed E-state index contributed by atoms with van der Waals surface area (Å²) in [6.07, 6.45) is 0. The Kier molecular flexibility index (Phi) is 6.92. The second kappa shape index (κ2) is 9.15. The Bertz CT molecular complexity index is 787. The van der Waals surface area contributed by atoms with E-state index in [0.29, 0.717) is 12.2 Å². The number of imide groups is 1. The normalized spacial score (nSPS) is 10.7. The van der Waals surface area contributed by atoms with Crippen molar-refractivity contribution >= 4 is 17.6 Å². The summed E-state index contributed by atoms with van der Waals surface area (Å²) in [4.78, 5) is 26.3. The zero-order chi connectivity index (χ0) is 19.1. The van der Waals surface area contributed by atoms with Crippen LogP contribution in [0.1, 0.15) is 29.2 Å². The summed E-state index contributed by atoms with van der Waals surface area (Å²) in [6, 6.07) is 13.4. The molecule has 0 saturated carbocycles. The Hall–Kier alpha value is -2.66. The predicted molar refractivity (Wildman–Crippen MR) is 105 cm³/mol. The van der Waals surface area contributed by atoms with Gasteiger partial charge in [0.05, 0.1) is 6.54 Å². The minimum absolute atomic E-state index is 0.171. The Labute approximate surface area is 155 Å². The number of nitrogens with zero attached hydrogens (tertiary/aromatic N) is 1. The van der Waals surface area contributed by atoms with Crippen molar-refractivity contribution < 1.29 is 9.59 Å². The van der Waals surface area contributed by atoms with E-state index in [1.807, 2.05) is 69.0 Å². The van der Waals surface area contributed by atoms with E-state index in [1.165, 1.54) is 5.56 Å². The molecule has 0 radical (unpaired) electrons. The molecule has 2 aromatic rings. The number of urea groups is 1. The molecule has 26 heavy (non-hydrogen) atoms. The first-order chi connectivity index (χ1) is 12.4. The number of carbonyl (C=O) groups excluding carboxylic acids is 2. The molecule has 0 aliphatic carbocycles. The molecular weight excluding hydrogens is 326 g/mol. The van der Waals surface area contributed by atoms with Gasteiger partial charge in [-0.05, 0) is 50.1 Å². The van der Waals surface area contributed by atoms with Crippen LogP contribution in [0.4, 0.5) is 10.5 Å². The van der Waals surface area contributed by atoms with Gasteiger partial charge in [-0.3, -0.25) is 15.0 Å². The van der Waals surface area contributed by atoms with Crippen molar-refractivity contribution in [1.29, 1.82) is 0 Å². The highest BCUT2D eigenvalue weighted by atomic mass is 16.2. The van der Waals surface area contributed by atoms with Gasteiger partial charge < -0.3 is 5.32 Å². The quantitative estimate of drug-likeness (QED) is 0.831. The number of carbonyl (C=O) groups is 2. The van der Waals surface area contributed by atoms with Crippen molar-refractivity contribution in [3.63, 3.8) is 0 Å². The summed E-state index contributed by atoms with van der Waals surface area (Å²) in [7, 11) is 0. The number of anilines is 1. The third kappa shape index (κ3) is 5.70. The number of hydrogen-bond donors (Lipinski definition) is 2. The van der Waals surface area contributed by atoms with Gasteiger partial charge in [-0.15, -0.1) is 0 Å². The van der Waals surface area contributed by atoms with Crippen LogP contribution < -0.4 is 10.6 Å². The molecule has 0 spiro atoms. The Morgan fingerprint density at radius 2 is 1.77 bits per heavy atom. The number of hydrogen-bond acceptors (Lipinski definition) is 3. The zero-order valence-electron chi connectivity index (χ0n) is 15.9. The van der Waals surface area contributed by atoms with E-state index in [-0.39, 0.29) is 12.5 Å². The largest absolute Gasteiger partial charge is 0.325 e. The summed E-state index contributed by atoms with van der Waals surface area (Å²) >= 11 is 0. The van der Waals surface area contributed by atoms with E-state index in [0.717, 1.165) is 23.2 Å². The van der Waals surface area contributed by atoms with Crippen molar-refractivity contribution in [1.82, 2.24) is 10.2 Å². The molecule has 5 heteroatoms. The molecule has 0 heterocycles. The number of likely N-dealkylation sites (N-methyl/N-ethyl adjacent to an activating group) is 1. The van der Waals surface area contributed by atoms with Gasteiger partial charge in [-0.1, -0.05) is 48.9 Å². The number of amides is 3. The lowest BCUT2D eigenvalue weighted by Gasteiger charge is -2.20. The third-order valence-corrected chi connectivity index (χ3v) is 4.41. The SMILES string of the molecule is CCN(CC(=O)NC(=O)Nc1cccc(C)c1C)Cc1cccc(C)c1. The molecule has 5 nitrogen and oxygen atoms in total. The Morgan fingerprint density at radius 3 is 2.46 bits per heavy atom. The van der Waals surface area contributed by atoms with Crippen LogP contribution in [-0.2, 0) is 11.3 Å². The summed E-state index contributed by atoms with van der Waals surface area (Å²) in [5.74, 6) is -0.317. The molecule has 0 fully saturated rings. The second-order valence-corrected chi connectivity index (χ2v) is 6.54. The van der Waals surface area contributed by atoms with Gasteiger partial charge in [0.15, 0.2) is 0 Å². The maximum Gasteiger partial charge on any atom is 0.325 e. The molecule has 0 unspecified atom stereocenters. The van der Waals surface area contributed by atoms with Gasteiger partial charge >= 0.3 is 6.03 Å². The maximum atomic E-state index is 12.2. The molecule has 0 aromatic heterocycles. The van der Waals surface area contributed by atoms with Gasteiger partial charge in [0.2, 0.25) is 5.91 Å². The van der Waals surface area contributed by atoms with Crippen molar-refractivity contribution in [3.8, 4) is 0 Å².